The van der Waals surface area contributed by atoms with Crippen molar-refractivity contribution >= 4 is 31.5 Å². The van der Waals surface area contributed by atoms with Gasteiger partial charge in [-0.3, -0.25) is 0 Å². The lowest BCUT2D eigenvalue weighted by atomic mass is 10.4. The Kier molecular flexibility index (Phi) is 7.22. The Morgan fingerprint density at radius 1 is 1.38 bits per heavy atom. The minimum atomic E-state index is -3.30. The Morgan fingerprint density at radius 3 is 2.46 bits per heavy atom. The van der Waals surface area contributed by atoms with Gasteiger partial charge in [0.15, 0.2) is 0 Å². The smallest absolute Gasteiger partial charge is 0.232 e. The quantitative estimate of drug-likeness (QED) is 0.633. The summed E-state index contributed by atoms with van der Waals surface area (Å²) in [7, 11) is 3.75. The third-order valence-corrected chi connectivity index (χ3v) is 3.44. The Balaban J connectivity index is 3.42. The molecule has 0 aliphatic heterocycles. The predicted molar refractivity (Wildman–Crippen MR) is 60.1 cm³/mol. The molecule has 0 radical (unpaired) electrons. The lowest BCUT2D eigenvalue weighted by molar-refractivity contribution is 0.357. The Labute approximate surface area is 89.2 Å². The van der Waals surface area contributed by atoms with E-state index in [1.807, 2.05) is 7.05 Å². The zero-order valence-electron chi connectivity index (χ0n) is 7.99. The van der Waals surface area contributed by atoms with E-state index in [4.69, 9.17) is 10.7 Å². The molecule has 6 heteroatoms. The number of thioether (sulfide) groups is 1. The van der Waals surface area contributed by atoms with Gasteiger partial charge in [0.05, 0.1) is 5.75 Å². The summed E-state index contributed by atoms with van der Waals surface area (Å²) in [5.41, 5.74) is 0. The maximum atomic E-state index is 10.6. The van der Waals surface area contributed by atoms with Gasteiger partial charge in [-0.25, -0.2) is 8.42 Å². The molecule has 0 N–H and O–H groups in total. The van der Waals surface area contributed by atoms with Crippen LogP contribution in [-0.2, 0) is 9.05 Å². The molecule has 3 nitrogen and oxygen atoms in total. The van der Waals surface area contributed by atoms with Crippen molar-refractivity contribution in [3.05, 3.63) is 0 Å². The molecule has 0 aliphatic carbocycles. The highest BCUT2D eigenvalue weighted by atomic mass is 35.7. The topological polar surface area (TPSA) is 37.4 Å². The van der Waals surface area contributed by atoms with Crippen LogP contribution in [0.1, 0.15) is 6.42 Å². The average molecular weight is 246 g/mol. The number of nitrogens with zero attached hydrogens (tertiary/aromatic N) is 1. The molecule has 0 aliphatic rings. The van der Waals surface area contributed by atoms with Gasteiger partial charge in [-0.15, -0.1) is 0 Å². The molecule has 0 amide bonds. The van der Waals surface area contributed by atoms with Crippen LogP contribution in [0.3, 0.4) is 0 Å². The summed E-state index contributed by atoms with van der Waals surface area (Å²) in [4.78, 5) is 2.11. The molecular formula is C7H16ClNO2S2. The molecule has 80 valence electrons. The molecule has 0 atom stereocenters. The normalized spacial score (nSPS) is 12.3. The molecule has 0 unspecified atom stereocenters. The van der Waals surface area contributed by atoms with Crippen molar-refractivity contribution in [1.29, 1.82) is 0 Å². The van der Waals surface area contributed by atoms with Gasteiger partial charge in [-0.1, -0.05) is 0 Å². The fraction of sp³-hybridized carbons (Fsp3) is 1.00. The Hall–Kier alpha value is 0.550. The predicted octanol–water partition coefficient (Wildman–Crippen LogP) is 1.24. The summed E-state index contributed by atoms with van der Waals surface area (Å²) in [6.45, 7) is 1.77. The third kappa shape index (κ3) is 10.5. The summed E-state index contributed by atoms with van der Waals surface area (Å²) < 4.78 is 21.1. The summed E-state index contributed by atoms with van der Waals surface area (Å²) in [5.74, 6) is 1.14. The van der Waals surface area contributed by atoms with E-state index in [1.54, 1.807) is 11.8 Å². The van der Waals surface area contributed by atoms with Crippen LogP contribution < -0.4 is 0 Å². The van der Waals surface area contributed by atoms with E-state index < -0.39 is 9.05 Å². The van der Waals surface area contributed by atoms with Crippen molar-refractivity contribution in [3.63, 3.8) is 0 Å². The van der Waals surface area contributed by atoms with Crippen LogP contribution in [0.4, 0.5) is 0 Å². The molecule has 13 heavy (non-hydrogen) atoms. The van der Waals surface area contributed by atoms with Gasteiger partial charge < -0.3 is 4.90 Å². The van der Waals surface area contributed by atoms with Gasteiger partial charge in [0.25, 0.3) is 0 Å². The number of hydrogen-bond acceptors (Lipinski definition) is 4. The summed E-state index contributed by atoms with van der Waals surface area (Å²) >= 11 is 1.78. The first-order chi connectivity index (χ1) is 5.95. The fourth-order valence-electron chi connectivity index (χ4n) is 0.866. The fourth-order valence-corrected chi connectivity index (χ4v) is 2.16. The van der Waals surface area contributed by atoms with Crippen LogP contribution in [0, 0.1) is 0 Å². The number of rotatable bonds is 7. The standard InChI is InChI=1S/C7H16ClNO2S2/c1-9(5-6-12-2)4-3-7-13(8,10)11/h3-7H2,1-2H3. The molecule has 0 aromatic heterocycles. The van der Waals surface area contributed by atoms with Crippen LogP contribution in [0.15, 0.2) is 0 Å². The molecule has 0 heterocycles. The second-order valence-corrected chi connectivity index (χ2v) is 6.77. The van der Waals surface area contributed by atoms with Crippen LogP contribution in [0.2, 0.25) is 0 Å². The van der Waals surface area contributed by atoms with Crippen LogP contribution in [0.5, 0.6) is 0 Å². The molecule has 0 saturated heterocycles. The maximum Gasteiger partial charge on any atom is 0.232 e. The first kappa shape index (κ1) is 13.5. The van der Waals surface area contributed by atoms with Gasteiger partial charge >= 0.3 is 0 Å². The Morgan fingerprint density at radius 2 is 2.00 bits per heavy atom. The zero-order valence-corrected chi connectivity index (χ0v) is 10.4. The molecule has 0 spiro atoms. The minimum absolute atomic E-state index is 0.0676. The average Bonchev–Trinajstić information content (AvgIpc) is 1.98. The molecule has 0 fully saturated rings. The second kappa shape index (κ2) is 6.92. The van der Waals surface area contributed by atoms with Gasteiger partial charge in [0.2, 0.25) is 9.05 Å². The highest BCUT2D eigenvalue weighted by molar-refractivity contribution is 8.13. The highest BCUT2D eigenvalue weighted by Gasteiger charge is 2.05. The lowest BCUT2D eigenvalue weighted by Crippen LogP contribution is -2.23. The summed E-state index contributed by atoms with van der Waals surface area (Å²) in [5, 5.41) is 0. The summed E-state index contributed by atoms with van der Waals surface area (Å²) in [6, 6.07) is 0. The minimum Gasteiger partial charge on any atom is -0.306 e. The Bertz CT molecular complexity index is 219. The van der Waals surface area contributed by atoms with E-state index in [0.717, 1.165) is 18.8 Å². The van der Waals surface area contributed by atoms with Crippen molar-refractivity contribution in [1.82, 2.24) is 4.90 Å². The molecule has 0 bridgehead atoms. The van der Waals surface area contributed by atoms with Crippen molar-refractivity contribution in [3.8, 4) is 0 Å². The first-order valence-corrected chi connectivity index (χ1v) is 7.93. The van der Waals surface area contributed by atoms with E-state index in [2.05, 4.69) is 11.2 Å². The monoisotopic (exact) mass is 245 g/mol. The molecule has 0 aromatic carbocycles. The van der Waals surface area contributed by atoms with E-state index in [0.29, 0.717) is 6.42 Å². The molecule has 0 aromatic rings. The van der Waals surface area contributed by atoms with Gasteiger partial charge in [-0.2, -0.15) is 11.8 Å². The van der Waals surface area contributed by atoms with Crippen molar-refractivity contribution in [2.24, 2.45) is 0 Å². The van der Waals surface area contributed by atoms with E-state index in [9.17, 15) is 8.42 Å². The third-order valence-electron chi connectivity index (χ3n) is 1.61. The number of hydrogen-bond donors (Lipinski definition) is 0. The lowest BCUT2D eigenvalue weighted by Gasteiger charge is -2.14. The molecular weight excluding hydrogens is 230 g/mol. The van der Waals surface area contributed by atoms with Crippen molar-refractivity contribution in [2.75, 3.05) is 37.9 Å². The van der Waals surface area contributed by atoms with Gasteiger partial charge in [0.1, 0.15) is 0 Å². The first-order valence-electron chi connectivity index (χ1n) is 4.05. The largest absolute Gasteiger partial charge is 0.306 e. The molecule has 0 saturated carbocycles. The summed E-state index contributed by atoms with van der Waals surface area (Å²) in [6.07, 6.45) is 2.66. The van der Waals surface area contributed by atoms with Crippen LogP contribution >= 0.6 is 22.4 Å². The molecule has 0 rings (SSSR count). The van der Waals surface area contributed by atoms with Crippen molar-refractivity contribution in [2.45, 2.75) is 6.42 Å². The van der Waals surface area contributed by atoms with Gasteiger partial charge in [-0.05, 0) is 26.3 Å². The maximum absolute atomic E-state index is 10.6. The number of halogens is 1. The van der Waals surface area contributed by atoms with Crippen LogP contribution in [-0.4, -0.2) is 51.2 Å². The van der Waals surface area contributed by atoms with Crippen LogP contribution in [0.25, 0.3) is 0 Å². The van der Waals surface area contributed by atoms with E-state index in [1.165, 1.54) is 0 Å². The van der Waals surface area contributed by atoms with E-state index >= 15 is 0 Å². The zero-order chi connectivity index (χ0) is 10.3. The van der Waals surface area contributed by atoms with E-state index in [-0.39, 0.29) is 5.75 Å². The van der Waals surface area contributed by atoms with Crippen molar-refractivity contribution < 1.29 is 8.42 Å². The SMILES string of the molecule is CSCCN(C)CCCS(=O)(=O)Cl. The second-order valence-electron chi connectivity index (χ2n) is 2.89. The highest BCUT2D eigenvalue weighted by Crippen LogP contribution is 2.00. The van der Waals surface area contributed by atoms with Gasteiger partial charge in [0, 0.05) is 23.0 Å².